The van der Waals surface area contributed by atoms with Crippen molar-refractivity contribution in [1.29, 1.82) is 0 Å². The van der Waals surface area contributed by atoms with Gasteiger partial charge >= 0.3 is 0 Å². The highest BCUT2D eigenvalue weighted by atomic mass is 79.9. The van der Waals surface area contributed by atoms with Gasteiger partial charge in [-0.2, -0.15) is 0 Å². The summed E-state index contributed by atoms with van der Waals surface area (Å²) in [5, 5.41) is 0. The van der Waals surface area contributed by atoms with Gasteiger partial charge in [0, 0.05) is 4.47 Å². The second-order valence-corrected chi connectivity index (χ2v) is 4.58. The van der Waals surface area contributed by atoms with Crippen molar-refractivity contribution in [3.8, 4) is 0 Å². The van der Waals surface area contributed by atoms with E-state index in [2.05, 4.69) is 41.1 Å². The standard InChI is InChI=1S/C11H13Br/c1-8-5-6-9-3-2-4-11(12)10(9)7-8/h2-4,8H,5-7H2,1H3/t8-/m1/s1. The minimum absolute atomic E-state index is 0.858. The van der Waals surface area contributed by atoms with E-state index in [1.54, 1.807) is 5.56 Å². The minimum Gasteiger partial charge on any atom is -0.0622 e. The number of aryl methyl sites for hydroxylation is 1. The second kappa shape index (κ2) is 3.21. The van der Waals surface area contributed by atoms with Crippen LogP contribution in [0.4, 0.5) is 0 Å². The molecule has 0 N–H and O–H groups in total. The molecule has 0 spiro atoms. The molecule has 1 aromatic carbocycles. The summed E-state index contributed by atoms with van der Waals surface area (Å²) in [5.41, 5.74) is 3.08. The molecule has 0 aliphatic heterocycles. The lowest BCUT2D eigenvalue weighted by Gasteiger charge is -2.22. The number of fused-ring (bicyclic) bond motifs is 1. The van der Waals surface area contributed by atoms with Crippen LogP contribution < -0.4 is 0 Å². The summed E-state index contributed by atoms with van der Waals surface area (Å²) in [6.45, 7) is 2.34. The van der Waals surface area contributed by atoms with Crippen molar-refractivity contribution in [3.63, 3.8) is 0 Å². The zero-order valence-corrected chi connectivity index (χ0v) is 8.89. The lowest BCUT2D eigenvalue weighted by molar-refractivity contribution is 0.500. The zero-order chi connectivity index (χ0) is 8.55. The van der Waals surface area contributed by atoms with E-state index in [1.165, 1.54) is 29.3 Å². The Morgan fingerprint density at radius 3 is 3.08 bits per heavy atom. The van der Waals surface area contributed by atoms with Gasteiger partial charge in [0.2, 0.25) is 0 Å². The van der Waals surface area contributed by atoms with Crippen LogP contribution in [0.25, 0.3) is 0 Å². The first-order valence-electron chi connectivity index (χ1n) is 4.53. The summed E-state index contributed by atoms with van der Waals surface area (Å²) in [7, 11) is 0. The fourth-order valence-electron chi connectivity index (χ4n) is 1.92. The molecule has 0 saturated heterocycles. The molecule has 2 rings (SSSR count). The Bertz CT molecular complexity index is 291. The summed E-state index contributed by atoms with van der Waals surface area (Å²) in [4.78, 5) is 0. The third-order valence-electron chi connectivity index (χ3n) is 2.67. The fourth-order valence-corrected chi connectivity index (χ4v) is 2.49. The summed E-state index contributed by atoms with van der Waals surface area (Å²) < 4.78 is 1.30. The molecule has 1 aromatic rings. The highest BCUT2D eigenvalue weighted by Crippen LogP contribution is 2.30. The highest BCUT2D eigenvalue weighted by molar-refractivity contribution is 9.10. The first-order chi connectivity index (χ1) is 5.77. The molecular weight excluding hydrogens is 212 g/mol. The second-order valence-electron chi connectivity index (χ2n) is 3.73. The van der Waals surface area contributed by atoms with Gasteiger partial charge in [-0.25, -0.2) is 0 Å². The molecule has 64 valence electrons. The predicted molar refractivity (Wildman–Crippen MR) is 55.3 cm³/mol. The van der Waals surface area contributed by atoms with Gasteiger partial charge in [0.15, 0.2) is 0 Å². The number of benzene rings is 1. The van der Waals surface area contributed by atoms with Crippen LogP contribution >= 0.6 is 15.9 Å². The molecule has 0 radical (unpaired) electrons. The topological polar surface area (TPSA) is 0 Å². The van der Waals surface area contributed by atoms with Crippen molar-refractivity contribution in [2.45, 2.75) is 26.2 Å². The molecule has 0 nitrogen and oxygen atoms in total. The Balaban J connectivity index is 2.43. The van der Waals surface area contributed by atoms with Crippen LogP contribution in [0.15, 0.2) is 22.7 Å². The quantitative estimate of drug-likeness (QED) is 0.633. The maximum atomic E-state index is 3.61. The van der Waals surface area contributed by atoms with Crippen LogP contribution in [0.3, 0.4) is 0 Å². The minimum atomic E-state index is 0.858. The first kappa shape index (κ1) is 8.31. The van der Waals surface area contributed by atoms with Crippen LogP contribution in [-0.2, 0) is 12.8 Å². The monoisotopic (exact) mass is 224 g/mol. The van der Waals surface area contributed by atoms with Gasteiger partial charge in [0.25, 0.3) is 0 Å². The Hall–Kier alpha value is -0.300. The van der Waals surface area contributed by atoms with Crippen molar-refractivity contribution in [1.82, 2.24) is 0 Å². The van der Waals surface area contributed by atoms with Crippen molar-refractivity contribution >= 4 is 15.9 Å². The average molecular weight is 225 g/mol. The Morgan fingerprint density at radius 1 is 1.42 bits per heavy atom. The third kappa shape index (κ3) is 1.42. The molecule has 12 heavy (non-hydrogen) atoms. The summed E-state index contributed by atoms with van der Waals surface area (Å²) in [6, 6.07) is 6.54. The molecule has 0 aromatic heterocycles. The molecule has 1 atom stereocenters. The van der Waals surface area contributed by atoms with Gasteiger partial charge in [-0.15, -0.1) is 0 Å². The number of rotatable bonds is 0. The highest BCUT2D eigenvalue weighted by Gasteiger charge is 2.16. The van der Waals surface area contributed by atoms with E-state index in [1.807, 2.05) is 0 Å². The molecule has 1 aliphatic rings. The normalized spacial score (nSPS) is 22.0. The molecule has 1 aliphatic carbocycles. The summed E-state index contributed by atoms with van der Waals surface area (Å²) in [5.74, 6) is 0.858. The van der Waals surface area contributed by atoms with Crippen LogP contribution in [0.2, 0.25) is 0 Å². The molecule has 0 amide bonds. The Labute approximate surface area is 82.1 Å². The van der Waals surface area contributed by atoms with E-state index in [0.717, 1.165) is 5.92 Å². The summed E-state index contributed by atoms with van der Waals surface area (Å²) in [6.07, 6.45) is 3.86. The largest absolute Gasteiger partial charge is 0.0622 e. The van der Waals surface area contributed by atoms with Gasteiger partial charge in [0.05, 0.1) is 0 Å². The Kier molecular flexibility index (Phi) is 2.22. The van der Waals surface area contributed by atoms with E-state index in [0.29, 0.717) is 0 Å². The molecule has 0 unspecified atom stereocenters. The smallest absolute Gasteiger partial charge is 0.0210 e. The molecule has 1 heteroatoms. The van der Waals surface area contributed by atoms with Gasteiger partial charge in [0.1, 0.15) is 0 Å². The van der Waals surface area contributed by atoms with Gasteiger partial charge in [-0.1, -0.05) is 35.0 Å². The van der Waals surface area contributed by atoms with Gasteiger partial charge in [-0.05, 0) is 42.4 Å². The van der Waals surface area contributed by atoms with Crippen molar-refractivity contribution < 1.29 is 0 Å². The van der Waals surface area contributed by atoms with E-state index < -0.39 is 0 Å². The summed E-state index contributed by atoms with van der Waals surface area (Å²) >= 11 is 3.61. The van der Waals surface area contributed by atoms with Crippen molar-refractivity contribution in [2.75, 3.05) is 0 Å². The van der Waals surface area contributed by atoms with Crippen molar-refractivity contribution in [3.05, 3.63) is 33.8 Å². The molecule has 0 heterocycles. The van der Waals surface area contributed by atoms with Crippen LogP contribution in [0, 0.1) is 5.92 Å². The fraction of sp³-hybridized carbons (Fsp3) is 0.455. The van der Waals surface area contributed by atoms with Crippen LogP contribution in [-0.4, -0.2) is 0 Å². The number of halogens is 1. The maximum Gasteiger partial charge on any atom is 0.0210 e. The van der Waals surface area contributed by atoms with Crippen LogP contribution in [0.5, 0.6) is 0 Å². The van der Waals surface area contributed by atoms with E-state index in [9.17, 15) is 0 Å². The van der Waals surface area contributed by atoms with Gasteiger partial charge in [-0.3, -0.25) is 0 Å². The van der Waals surface area contributed by atoms with E-state index in [-0.39, 0.29) is 0 Å². The number of hydrogen-bond donors (Lipinski definition) is 0. The lowest BCUT2D eigenvalue weighted by atomic mass is 9.85. The Morgan fingerprint density at radius 2 is 2.25 bits per heavy atom. The zero-order valence-electron chi connectivity index (χ0n) is 7.31. The van der Waals surface area contributed by atoms with E-state index in [4.69, 9.17) is 0 Å². The molecule has 0 bridgehead atoms. The lowest BCUT2D eigenvalue weighted by Crippen LogP contribution is -2.11. The molecular formula is C11H13Br. The number of hydrogen-bond acceptors (Lipinski definition) is 0. The maximum absolute atomic E-state index is 3.61. The average Bonchev–Trinajstić information content (AvgIpc) is 2.07. The SMILES string of the molecule is C[C@@H]1CCc2cccc(Br)c2C1. The predicted octanol–water partition coefficient (Wildman–Crippen LogP) is 3.57. The third-order valence-corrected chi connectivity index (χ3v) is 3.42. The van der Waals surface area contributed by atoms with Gasteiger partial charge < -0.3 is 0 Å². The molecule has 0 fully saturated rings. The first-order valence-corrected chi connectivity index (χ1v) is 5.33. The molecule has 0 saturated carbocycles. The van der Waals surface area contributed by atoms with E-state index >= 15 is 0 Å². The van der Waals surface area contributed by atoms with Crippen LogP contribution in [0.1, 0.15) is 24.5 Å². The van der Waals surface area contributed by atoms with Crippen molar-refractivity contribution in [2.24, 2.45) is 5.92 Å².